The van der Waals surface area contributed by atoms with E-state index < -0.39 is 6.41 Å². The summed E-state index contributed by atoms with van der Waals surface area (Å²) < 4.78 is 0. The van der Waals surface area contributed by atoms with Crippen LogP contribution in [-0.2, 0) is 0 Å². The summed E-state index contributed by atoms with van der Waals surface area (Å²) in [5.74, 6) is 0. The average Bonchev–Trinajstić information content (AvgIpc) is 2.04. The SMILES string of the molecule is CCCCN(CCCC)C(O)O. The summed E-state index contributed by atoms with van der Waals surface area (Å²) in [5.41, 5.74) is 0. The van der Waals surface area contributed by atoms with E-state index in [4.69, 9.17) is 10.2 Å². The van der Waals surface area contributed by atoms with Crippen LogP contribution in [0, 0.1) is 0 Å². The highest BCUT2D eigenvalue weighted by molar-refractivity contribution is 4.54. The lowest BCUT2D eigenvalue weighted by Crippen LogP contribution is -2.36. The summed E-state index contributed by atoms with van der Waals surface area (Å²) in [6, 6.07) is 0. The van der Waals surface area contributed by atoms with Crippen molar-refractivity contribution in [3.05, 3.63) is 0 Å². The smallest absolute Gasteiger partial charge is 0.213 e. The minimum absolute atomic E-state index is 0.786. The molecule has 0 aliphatic carbocycles. The molecule has 0 fully saturated rings. The van der Waals surface area contributed by atoms with Crippen molar-refractivity contribution < 1.29 is 10.2 Å². The molecule has 2 N–H and O–H groups in total. The minimum Gasteiger partial charge on any atom is -0.356 e. The van der Waals surface area contributed by atoms with E-state index in [1.165, 1.54) is 0 Å². The van der Waals surface area contributed by atoms with Crippen LogP contribution in [0.3, 0.4) is 0 Å². The number of rotatable bonds is 7. The number of aliphatic hydroxyl groups is 2. The Morgan fingerprint density at radius 3 is 1.67 bits per heavy atom. The summed E-state index contributed by atoms with van der Waals surface area (Å²) >= 11 is 0. The third-order valence-electron chi connectivity index (χ3n) is 1.92. The van der Waals surface area contributed by atoms with Gasteiger partial charge in [0.25, 0.3) is 0 Å². The molecule has 3 nitrogen and oxygen atoms in total. The number of aliphatic hydroxyl groups excluding tert-OH is 1. The van der Waals surface area contributed by atoms with E-state index in [0.29, 0.717) is 0 Å². The van der Waals surface area contributed by atoms with Crippen LogP contribution in [0.2, 0.25) is 0 Å². The summed E-state index contributed by atoms with van der Waals surface area (Å²) in [6.07, 6.45) is 2.97. The van der Waals surface area contributed by atoms with Gasteiger partial charge in [-0.2, -0.15) is 0 Å². The van der Waals surface area contributed by atoms with E-state index in [2.05, 4.69) is 13.8 Å². The van der Waals surface area contributed by atoms with Crippen LogP contribution in [0.25, 0.3) is 0 Å². The number of hydrogen-bond donors (Lipinski definition) is 2. The lowest BCUT2D eigenvalue weighted by Gasteiger charge is -2.23. The fourth-order valence-electron chi connectivity index (χ4n) is 1.07. The highest BCUT2D eigenvalue weighted by Gasteiger charge is 2.09. The van der Waals surface area contributed by atoms with Crippen LogP contribution in [-0.4, -0.2) is 34.6 Å². The molecule has 74 valence electrons. The van der Waals surface area contributed by atoms with Crippen LogP contribution in [0.4, 0.5) is 0 Å². The summed E-state index contributed by atoms with van der Waals surface area (Å²) in [6.45, 7) is 5.77. The van der Waals surface area contributed by atoms with Crippen molar-refractivity contribution in [1.82, 2.24) is 4.90 Å². The van der Waals surface area contributed by atoms with Gasteiger partial charge in [0, 0.05) is 13.1 Å². The van der Waals surface area contributed by atoms with Crippen LogP contribution < -0.4 is 0 Å². The van der Waals surface area contributed by atoms with Crippen LogP contribution >= 0.6 is 0 Å². The largest absolute Gasteiger partial charge is 0.356 e. The number of unbranched alkanes of at least 4 members (excludes halogenated alkanes) is 2. The van der Waals surface area contributed by atoms with Gasteiger partial charge in [-0.1, -0.05) is 26.7 Å². The molecule has 0 aromatic rings. The first-order valence-electron chi connectivity index (χ1n) is 4.82. The molecule has 0 atom stereocenters. The van der Waals surface area contributed by atoms with E-state index in [1.807, 2.05) is 0 Å². The van der Waals surface area contributed by atoms with E-state index in [-0.39, 0.29) is 0 Å². The van der Waals surface area contributed by atoms with E-state index in [9.17, 15) is 0 Å². The first-order chi connectivity index (χ1) is 5.72. The average molecular weight is 175 g/mol. The summed E-state index contributed by atoms with van der Waals surface area (Å²) in [4.78, 5) is 1.70. The fourth-order valence-corrected chi connectivity index (χ4v) is 1.07. The Morgan fingerprint density at radius 1 is 1.00 bits per heavy atom. The van der Waals surface area contributed by atoms with Gasteiger partial charge in [-0.3, -0.25) is 4.90 Å². The van der Waals surface area contributed by atoms with Gasteiger partial charge in [-0.15, -0.1) is 0 Å². The zero-order valence-corrected chi connectivity index (χ0v) is 8.16. The molecule has 0 radical (unpaired) electrons. The Labute approximate surface area is 75.0 Å². The summed E-state index contributed by atoms with van der Waals surface area (Å²) in [7, 11) is 0. The highest BCUT2D eigenvalue weighted by Crippen LogP contribution is 2.00. The Morgan fingerprint density at radius 2 is 1.42 bits per heavy atom. The molecule has 12 heavy (non-hydrogen) atoms. The van der Waals surface area contributed by atoms with E-state index in [1.54, 1.807) is 4.90 Å². The molecule has 0 rings (SSSR count). The standard InChI is InChI=1S/C9H21NO2/c1-3-5-7-10(9(11)12)8-6-4-2/h9,11-12H,3-8H2,1-2H3. The first-order valence-corrected chi connectivity index (χ1v) is 4.82. The molecule has 0 bridgehead atoms. The molecule has 0 aromatic heterocycles. The zero-order chi connectivity index (χ0) is 9.40. The van der Waals surface area contributed by atoms with Gasteiger partial charge in [-0.25, -0.2) is 0 Å². The third-order valence-corrected chi connectivity index (χ3v) is 1.92. The minimum atomic E-state index is -1.27. The first kappa shape index (κ1) is 11.9. The van der Waals surface area contributed by atoms with Gasteiger partial charge in [-0.05, 0) is 12.8 Å². The maximum atomic E-state index is 8.95. The van der Waals surface area contributed by atoms with Crippen LogP contribution in [0.5, 0.6) is 0 Å². The summed E-state index contributed by atoms with van der Waals surface area (Å²) in [5, 5.41) is 17.9. The molecule has 3 heteroatoms. The van der Waals surface area contributed by atoms with Gasteiger partial charge in [0.05, 0.1) is 0 Å². The van der Waals surface area contributed by atoms with Crippen molar-refractivity contribution in [3.8, 4) is 0 Å². The maximum absolute atomic E-state index is 8.95. The topological polar surface area (TPSA) is 43.7 Å². The zero-order valence-electron chi connectivity index (χ0n) is 8.16. The molecule has 0 unspecified atom stereocenters. The monoisotopic (exact) mass is 175 g/mol. The van der Waals surface area contributed by atoms with Gasteiger partial charge in [0.1, 0.15) is 0 Å². The van der Waals surface area contributed by atoms with Crippen molar-refractivity contribution in [3.63, 3.8) is 0 Å². The lowest BCUT2D eigenvalue weighted by molar-refractivity contribution is -0.155. The van der Waals surface area contributed by atoms with Crippen molar-refractivity contribution >= 4 is 0 Å². The highest BCUT2D eigenvalue weighted by atomic mass is 16.5. The second-order valence-corrected chi connectivity index (χ2v) is 3.09. The maximum Gasteiger partial charge on any atom is 0.213 e. The molecule has 0 aliphatic heterocycles. The van der Waals surface area contributed by atoms with Gasteiger partial charge >= 0.3 is 0 Å². The van der Waals surface area contributed by atoms with E-state index in [0.717, 1.165) is 38.8 Å². The number of hydrogen-bond acceptors (Lipinski definition) is 3. The lowest BCUT2D eigenvalue weighted by atomic mass is 10.3. The van der Waals surface area contributed by atoms with E-state index >= 15 is 0 Å². The molecule has 0 saturated carbocycles. The molecule has 0 spiro atoms. The predicted octanol–water partition coefficient (Wildman–Crippen LogP) is 1.16. The Kier molecular flexibility index (Phi) is 7.45. The Bertz CT molecular complexity index is 88.5. The fraction of sp³-hybridized carbons (Fsp3) is 1.00. The van der Waals surface area contributed by atoms with Crippen molar-refractivity contribution in [2.75, 3.05) is 13.1 Å². The molecular weight excluding hydrogens is 154 g/mol. The molecule has 0 aromatic carbocycles. The third kappa shape index (κ3) is 5.52. The van der Waals surface area contributed by atoms with Gasteiger partial charge in [0.2, 0.25) is 6.41 Å². The molecule has 0 aliphatic rings. The molecule has 0 amide bonds. The second kappa shape index (κ2) is 7.53. The van der Waals surface area contributed by atoms with Gasteiger partial charge in [0.15, 0.2) is 0 Å². The normalized spacial score (nSPS) is 11.5. The Hall–Kier alpha value is -0.120. The van der Waals surface area contributed by atoms with Crippen LogP contribution in [0.1, 0.15) is 39.5 Å². The second-order valence-electron chi connectivity index (χ2n) is 3.09. The molecule has 0 saturated heterocycles. The quantitative estimate of drug-likeness (QED) is 0.571. The predicted molar refractivity (Wildman–Crippen MR) is 49.6 cm³/mol. The van der Waals surface area contributed by atoms with Gasteiger partial charge < -0.3 is 10.2 Å². The molecule has 0 heterocycles. The van der Waals surface area contributed by atoms with Crippen molar-refractivity contribution in [2.45, 2.75) is 45.9 Å². The van der Waals surface area contributed by atoms with Crippen LogP contribution in [0.15, 0.2) is 0 Å². The molecular formula is C9H21NO2. The number of nitrogens with zero attached hydrogens (tertiary/aromatic N) is 1. The van der Waals surface area contributed by atoms with Crippen molar-refractivity contribution in [2.24, 2.45) is 0 Å². The Balaban J connectivity index is 3.55. The van der Waals surface area contributed by atoms with Crippen molar-refractivity contribution in [1.29, 1.82) is 0 Å².